The van der Waals surface area contributed by atoms with E-state index in [9.17, 15) is 38.9 Å². The number of alkyl carbamates (subject to hydrolysis) is 1. The summed E-state index contributed by atoms with van der Waals surface area (Å²) in [5, 5.41) is 18.5. The number of hydrogen-bond donors (Lipinski definition) is 3. The van der Waals surface area contributed by atoms with E-state index in [0.717, 1.165) is 0 Å². The molecule has 16 heteroatoms. The van der Waals surface area contributed by atoms with Crippen LogP contribution in [0.2, 0.25) is 0 Å². The van der Waals surface area contributed by atoms with Crippen LogP contribution in [0.15, 0.2) is 24.3 Å². The lowest BCUT2D eigenvalue weighted by Crippen LogP contribution is -2.56. The van der Waals surface area contributed by atoms with Crippen molar-refractivity contribution in [2.24, 2.45) is 0 Å². The Morgan fingerprint density at radius 2 is 1.22 bits per heavy atom. The molecule has 0 aliphatic rings. The highest BCUT2D eigenvalue weighted by molar-refractivity contribution is 5.93. The number of nitro benzene ring substituents is 1. The second-order valence-corrected chi connectivity index (χ2v) is 10.9. The first kappa shape index (κ1) is 39.3. The molecule has 3 amide bonds. The number of rotatable bonds is 18. The van der Waals surface area contributed by atoms with Crippen LogP contribution in [0.25, 0.3) is 0 Å². The molecule has 3 atom stereocenters. The zero-order valence-corrected chi connectivity index (χ0v) is 27.0. The van der Waals surface area contributed by atoms with E-state index < -0.39 is 64.5 Å². The first-order valence-electron chi connectivity index (χ1n) is 14.9. The zero-order valence-electron chi connectivity index (χ0n) is 27.0. The lowest BCUT2D eigenvalue weighted by atomic mass is 10.0. The SMILES string of the molecule is CCOC(=O)CC[C@H](NC(=O)[C@@H](Cc1ccc([N+](=O)[O-])cc1)NC(=O)OC(C)(C)C)C(=O)N[C@H](CCC(=O)OCC)C(=O)OCC. The second-order valence-electron chi connectivity index (χ2n) is 10.9. The molecule has 0 bridgehead atoms. The molecular weight excluding hydrogens is 608 g/mol. The lowest BCUT2D eigenvalue weighted by Gasteiger charge is -2.26. The van der Waals surface area contributed by atoms with E-state index >= 15 is 0 Å². The van der Waals surface area contributed by atoms with Gasteiger partial charge in [-0.05, 0) is 59.9 Å². The van der Waals surface area contributed by atoms with Crippen LogP contribution in [-0.2, 0) is 49.3 Å². The van der Waals surface area contributed by atoms with Gasteiger partial charge in [0.15, 0.2) is 0 Å². The fraction of sp³-hybridized carbons (Fsp3) is 0.600. The third-order valence-electron chi connectivity index (χ3n) is 6.00. The van der Waals surface area contributed by atoms with Crippen molar-refractivity contribution >= 4 is 41.5 Å². The van der Waals surface area contributed by atoms with Crippen molar-refractivity contribution in [1.29, 1.82) is 0 Å². The van der Waals surface area contributed by atoms with Crippen molar-refractivity contribution in [2.75, 3.05) is 19.8 Å². The third-order valence-corrected chi connectivity index (χ3v) is 6.00. The molecule has 0 aliphatic heterocycles. The van der Waals surface area contributed by atoms with Gasteiger partial charge in [-0.2, -0.15) is 0 Å². The van der Waals surface area contributed by atoms with E-state index in [4.69, 9.17) is 18.9 Å². The van der Waals surface area contributed by atoms with E-state index in [0.29, 0.717) is 5.56 Å². The van der Waals surface area contributed by atoms with Crippen LogP contribution in [0, 0.1) is 10.1 Å². The number of nitro groups is 1. The number of benzene rings is 1. The van der Waals surface area contributed by atoms with Gasteiger partial charge in [-0.3, -0.25) is 29.3 Å². The Morgan fingerprint density at radius 1 is 0.739 bits per heavy atom. The smallest absolute Gasteiger partial charge is 0.408 e. The molecule has 0 unspecified atom stereocenters. The number of carbonyl (C=O) groups excluding carboxylic acids is 6. The number of ether oxygens (including phenoxy) is 4. The van der Waals surface area contributed by atoms with Crippen LogP contribution < -0.4 is 16.0 Å². The van der Waals surface area contributed by atoms with E-state index in [-0.39, 0.29) is 57.6 Å². The van der Waals surface area contributed by atoms with Gasteiger partial charge in [-0.1, -0.05) is 12.1 Å². The quantitative estimate of drug-likeness (QED) is 0.0900. The van der Waals surface area contributed by atoms with Crippen molar-refractivity contribution in [1.82, 2.24) is 16.0 Å². The number of nitrogens with one attached hydrogen (secondary N) is 3. The Balaban J connectivity index is 3.31. The number of amides is 3. The van der Waals surface area contributed by atoms with E-state index in [1.54, 1.807) is 41.5 Å². The zero-order chi connectivity index (χ0) is 34.9. The number of non-ortho nitro benzene ring substituents is 1. The Kier molecular flexibility index (Phi) is 16.7. The van der Waals surface area contributed by atoms with Crippen molar-refractivity contribution < 1.29 is 52.6 Å². The molecule has 0 saturated carbocycles. The summed E-state index contributed by atoms with van der Waals surface area (Å²) >= 11 is 0. The van der Waals surface area contributed by atoms with Gasteiger partial charge in [-0.15, -0.1) is 0 Å². The number of hydrogen-bond acceptors (Lipinski definition) is 12. The number of nitrogens with zero attached hydrogens (tertiary/aromatic N) is 1. The van der Waals surface area contributed by atoms with Crippen LogP contribution in [-0.4, -0.2) is 84.3 Å². The molecule has 0 heterocycles. The second kappa shape index (κ2) is 19.6. The fourth-order valence-corrected chi connectivity index (χ4v) is 3.94. The van der Waals surface area contributed by atoms with Crippen LogP contribution in [0.1, 0.15) is 72.8 Å². The molecule has 0 fully saturated rings. The van der Waals surface area contributed by atoms with Gasteiger partial charge in [-0.25, -0.2) is 9.59 Å². The van der Waals surface area contributed by atoms with Gasteiger partial charge >= 0.3 is 24.0 Å². The summed E-state index contributed by atoms with van der Waals surface area (Å²) in [6.07, 6.45) is -2.00. The summed E-state index contributed by atoms with van der Waals surface area (Å²) in [6, 6.07) is 1.27. The largest absolute Gasteiger partial charge is 0.466 e. The summed E-state index contributed by atoms with van der Waals surface area (Å²) in [5.74, 6) is -3.79. The molecule has 0 spiro atoms. The van der Waals surface area contributed by atoms with Crippen LogP contribution >= 0.6 is 0 Å². The highest BCUT2D eigenvalue weighted by atomic mass is 16.6. The molecule has 0 saturated heterocycles. The van der Waals surface area contributed by atoms with Gasteiger partial charge in [0.05, 0.1) is 24.7 Å². The monoisotopic (exact) mass is 652 g/mol. The van der Waals surface area contributed by atoms with Crippen molar-refractivity contribution in [3.05, 3.63) is 39.9 Å². The average molecular weight is 653 g/mol. The maximum atomic E-state index is 13.6. The molecule has 1 rings (SSSR count). The molecule has 1 aromatic rings. The predicted octanol–water partition coefficient (Wildman–Crippen LogP) is 2.25. The highest BCUT2D eigenvalue weighted by Gasteiger charge is 2.32. The first-order valence-corrected chi connectivity index (χ1v) is 14.9. The summed E-state index contributed by atoms with van der Waals surface area (Å²) < 4.78 is 20.1. The summed E-state index contributed by atoms with van der Waals surface area (Å²) in [4.78, 5) is 86.8. The van der Waals surface area contributed by atoms with E-state index in [1.807, 2.05) is 0 Å². The topological polar surface area (TPSA) is 219 Å². The minimum atomic E-state index is -1.41. The highest BCUT2D eigenvalue weighted by Crippen LogP contribution is 2.15. The summed E-state index contributed by atoms with van der Waals surface area (Å²) in [5.41, 5.74) is -0.651. The minimum absolute atomic E-state index is 0.00566. The third kappa shape index (κ3) is 15.3. The van der Waals surface area contributed by atoms with Gasteiger partial charge in [0.2, 0.25) is 11.8 Å². The molecule has 46 heavy (non-hydrogen) atoms. The van der Waals surface area contributed by atoms with E-state index in [1.165, 1.54) is 24.3 Å². The van der Waals surface area contributed by atoms with Gasteiger partial charge < -0.3 is 34.9 Å². The van der Waals surface area contributed by atoms with E-state index in [2.05, 4.69) is 16.0 Å². The molecule has 256 valence electrons. The average Bonchev–Trinajstić information content (AvgIpc) is 2.96. The molecule has 0 aliphatic carbocycles. The summed E-state index contributed by atoms with van der Waals surface area (Å²) in [7, 11) is 0. The van der Waals surface area contributed by atoms with Crippen molar-refractivity contribution in [2.45, 2.75) is 97.4 Å². The minimum Gasteiger partial charge on any atom is -0.466 e. The molecule has 16 nitrogen and oxygen atoms in total. The van der Waals surface area contributed by atoms with Gasteiger partial charge in [0.25, 0.3) is 5.69 Å². The Labute approximate surface area is 267 Å². The molecule has 3 N–H and O–H groups in total. The molecule has 0 aromatic heterocycles. The fourth-order valence-electron chi connectivity index (χ4n) is 3.94. The first-order chi connectivity index (χ1) is 21.6. The Morgan fingerprint density at radius 3 is 1.70 bits per heavy atom. The summed E-state index contributed by atoms with van der Waals surface area (Å²) in [6.45, 7) is 9.84. The maximum Gasteiger partial charge on any atom is 0.408 e. The Hall–Kier alpha value is -4.76. The normalized spacial score (nSPS) is 12.8. The molecular formula is C30H44N4O12. The van der Waals surface area contributed by atoms with Crippen LogP contribution in [0.4, 0.5) is 10.5 Å². The van der Waals surface area contributed by atoms with Crippen LogP contribution in [0.3, 0.4) is 0 Å². The molecule has 0 radical (unpaired) electrons. The lowest BCUT2D eigenvalue weighted by molar-refractivity contribution is -0.384. The van der Waals surface area contributed by atoms with Gasteiger partial charge in [0.1, 0.15) is 23.7 Å². The molecule has 1 aromatic carbocycles. The number of esters is 3. The number of carbonyl (C=O) groups is 6. The van der Waals surface area contributed by atoms with Crippen molar-refractivity contribution in [3.8, 4) is 0 Å². The van der Waals surface area contributed by atoms with Crippen LogP contribution in [0.5, 0.6) is 0 Å². The predicted molar refractivity (Wildman–Crippen MR) is 162 cm³/mol. The van der Waals surface area contributed by atoms with Gasteiger partial charge in [0, 0.05) is 31.4 Å². The standard InChI is InChI=1S/C30H44N4O12/c1-7-43-24(35)16-14-21(26(37)32-22(28(39)45-9-3)15-17-25(36)44-8-2)31-27(38)23(33-29(40)46-30(4,5)6)18-19-10-12-20(13-11-19)34(41)42/h10-13,21-23H,7-9,14-18H2,1-6H3,(H,31,38)(H,32,37)(H,33,40)/t21-,22+,23+/m0/s1. The Bertz CT molecular complexity index is 1210. The van der Waals surface area contributed by atoms with Crippen molar-refractivity contribution in [3.63, 3.8) is 0 Å². The maximum absolute atomic E-state index is 13.6.